The average molecular weight is 721 g/mol. The summed E-state index contributed by atoms with van der Waals surface area (Å²) in [6, 6.07) is 10.5. The maximum Gasteiger partial charge on any atom is -1.00 e. The van der Waals surface area contributed by atoms with Gasteiger partial charge < -0.3 is 24.8 Å². The number of fused-ring (bicyclic) bond motifs is 5. The largest absolute Gasteiger partial charge is 1.00 e. The van der Waals surface area contributed by atoms with Crippen molar-refractivity contribution in [2.45, 2.75) is 122 Å². The average Bonchev–Trinajstić information content (AvgIpc) is 3.65. The molecule has 0 N–H and O–H groups in total. The van der Waals surface area contributed by atoms with Crippen molar-refractivity contribution in [3.63, 3.8) is 0 Å². The van der Waals surface area contributed by atoms with E-state index in [1.165, 1.54) is 71.9 Å². The monoisotopic (exact) mass is 718 g/mol. The first-order valence-electron chi connectivity index (χ1n) is 17.2. The fourth-order valence-electron chi connectivity index (χ4n) is 8.10. The molecule has 0 fully saturated rings. The first kappa shape index (κ1) is 36.6. The summed E-state index contributed by atoms with van der Waals surface area (Å²) in [5.41, 5.74) is 14.3. The van der Waals surface area contributed by atoms with Crippen molar-refractivity contribution in [3.05, 3.63) is 90.8 Å². The minimum atomic E-state index is -2.46. The summed E-state index contributed by atoms with van der Waals surface area (Å²) >= 11 is -2.46. The molecule has 3 heteroatoms. The zero-order valence-corrected chi connectivity index (χ0v) is 33.4. The number of allylic oxidation sites excluding steroid dienone is 6. The summed E-state index contributed by atoms with van der Waals surface area (Å²) in [5, 5.41) is 0. The molecule has 4 aliphatic rings. The molecule has 0 aromatic heterocycles. The van der Waals surface area contributed by atoms with Crippen LogP contribution in [0.4, 0.5) is 0 Å². The van der Waals surface area contributed by atoms with Crippen molar-refractivity contribution in [2.24, 2.45) is 11.3 Å². The minimum Gasteiger partial charge on any atom is -1.00 e. The van der Waals surface area contributed by atoms with Crippen LogP contribution in [0.15, 0.2) is 57.4 Å². The third-order valence-electron chi connectivity index (χ3n) is 10.8. The van der Waals surface area contributed by atoms with Crippen LogP contribution < -0.4 is 24.8 Å². The third-order valence-corrected chi connectivity index (χ3v) is 19.9. The zero-order chi connectivity index (χ0) is 30.9. The first-order chi connectivity index (χ1) is 20.3. The number of rotatable bonds is 8. The molecule has 0 radical (unpaired) electrons. The van der Waals surface area contributed by atoms with E-state index in [0.29, 0.717) is 9.54 Å². The van der Waals surface area contributed by atoms with Gasteiger partial charge in [0.1, 0.15) is 0 Å². The van der Waals surface area contributed by atoms with E-state index < -0.39 is 21.3 Å². The Morgan fingerprint density at radius 1 is 0.756 bits per heavy atom. The van der Waals surface area contributed by atoms with E-state index in [1.54, 1.807) is 16.7 Å². The molecule has 0 amide bonds. The van der Waals surface area contributed by atoms with Gasteiger partial charge in [0.15, 0.2) is 0 Å². The Morgan fingerprint density at radius 2 is 1.22 bits per heavy atom. The van der Waals surface area contributed by atoms with E-state index in [2.05, 4.69) is 130 Å². The summed E-state index contributed by atoms with van der Waals surface area (Å²) in [4.78, 5) is 0. The van der Waals surface area contributed by atoms with Gasteiger partial charge in [0.05, 0.1) is 0 Å². The van der Waals surface area contributed by atoms with Gasteiger partial charge in [0, 0.05) is 0 Å². The molecule has 0 heterocycles. The molecule has 1 unspecified atom stereocenters. The van der Waals surface area contributed by atoms with E-state index in [-0.39, 0.29) is 41.1 Å². The van der Waals surface area contributed by atoms with Crippen LogP contribution in [0.2, 0.25) is 0 Å². The van der Waals surface area contributed by atoms with Crippen LogP contribution in [0.5, 0.6) is 0 Å². The van der Waals surface area contributed by atoms with Crippen LogP contribution in [0, 0.1) is 11.3 Å². The van der Waals surface area contributed by atoms with E-state index in [0.717, 1.165) is 0 Å². The second kappa shape index (κ2) is 13.3. The van der Waals surface area contributed by atoms with Crippen LogP contribution in [-0.2, 0) is 32.1 Å². The van der Waals surface area contributed by atoms with Crippen molar-refractivity contribution in [1.82, 2.24) is 0 Å². The Kier molecular flexibility index (Phi) is 10.8. The van der Waals surface area contributed by atoms with Gasteiger partial charge in [0.2, 0.25) is 0 Å². The standard InChI is InChI=1S/C23H21.C10H15.C9H18.2ClH.Zr/c1-22(2)7-5-14-10-18-16(12-20(14)22)9-17-13-21-15(11-19(17)18)6-8-23(21,3)4;1-8-5-6-9(7-8)10(2,3)4;1-3-5-7-9-8-6-4-2;;;/h5-13H,1-4H3;6-8H,1-4H3;3-8H2,1-2H3;2*1H;/q;;;;;+2/p-2. The van der Waals surface area contributed by atoms with Gasteiger partial charge in [-0.1, -0.05) is 0 Å². The van der Waals surface area contributed by atoms with E-state index in [1.807, 2.05) is 6.49 Å². The molecule has 4 aliphatic carbocycles. The second-order valence-electron chi connectivity index (χ2n) is 16.1. The molecule has 0 nitrogen and oxygen atoms in total. The topological polar surface area (TPSA) is 0 Å². The Balaban J connectivity index is 0.00000230. The van der Waals surface area contributed by atoms with Crippen LogP contribution in [-0.4, -0.2) is 3.21 Å². The Labute approximate surface area is 294 Å². The van der Waals surface area contributed by atoms with Gasteiger partial charge in [-0.2, -0.15) is 0 Å². The minimum absolute atomic E-state index is 0. The Bertz CT molecular complexity index is 1540. The first-order valence-corrected chi connectivity index (χ1v) is 21.1. The molecule has 0 saturated heterocycles. The van der Waals surface area contributed by atoms with Gasteiger partial charge in [-0.3, -0.25) is 0 Å². The second-order valence-corrected chi connectivity index (χ2v) is 22.7. The van der Waals surface area contributed by atoms with Crippen molar-refractivity contribution in [2.75, 3.05) is 0 Å². The normalized spacial score (nSPS) is 19.4. The number of halogens is 2. The SMILES string of the molecule is CCCC[C](CCCC)=[Zr+2]([C]1=CC(C(C)(C)C)=CC1C)[CH]1c2cc3c(cc2-c2cc4c(cc21)C(C)(C)C=C4)C=CC3(C)C.[Cl-].[Cl-]. The molecule has 6 rings (SSSR count). The predicted octanol–water partition coefficient (Wildman–Crippen LogP) is 6.05. The molecular weight excluding hydrogens is 667 g/mol. The summed E-state index contributed by atoms with van der Waals surface area (Å²) < 4.78 is 4.40. The van der Waals surface area contributed by atoms with Crippen LogP contribution in [0.3, 0.4) is 0 Å². The Hall–Kier alpha value is -1.27. The van der Waals surface area contributed by atoms with Crippen molar-refractivity contribution < 1.29 is 46.1 Å². The number of hydrogen-bond acceptors (Lipinski definition) is 0. The molecule has 2 aromatic rings. The van der Waals surface area contributed by atoms with Crippen LogP contribution >= 0.6 is 0 Å². The molecule has 1 atom stereocenters. The quantitative estimate of drug-likeness (QED) is 0.312. The molecule has 0 saturated carbocycles. The van der Waals surface area contributed by atoms with Crippen LogP contribution in [0.25, 0.3) is 23.3 Å². The molecule has 2 aromatic carbocycles. The fraction of sp³-hybridized carbons (Fsp3) is 0.500. The number of benzene rings is 2. The molecule has 240 valence electrons. The smallest absolute Gasteiger partial charge is 1.00 e. The van der Waals surface area contributed by atoms with E-state index >= 15 is 0 Å². The predicted molar refractivity (Wildman–Crippen MR) is 187 cm³/mol. The Morgan fingerprint density at radius 3 is 1.62 bits per heavy atom. The van der Waals surface area contributed by atoms with Gasteiger partial charge in [-0.25, -0.2) is 0 Å². The van der Waals surface area contributed by atoms with Gasteiger partial charge in [-0.05, 0) is 0 Å². The molecule has 0 bridgehead atoms. The zero-order valence-electron chi connectivity index (χ0n) is 29.4. The number of unbranched alkanes of at least 4 members (excludes halogenated alkanes) is 2. The molecular formula is C42H54Cl2Zr. The maximum atomic E-state index is 2.73. The summed E-state index contributed by atoms with van der Waals surface area (Å²) in [6.45, 7) is 24.1. The molecule has 0 spiro atoms. The fourth-order valence-corrected chi connectivity index (χ4v) is 18.0. The summed E-state index contributed by atoms with van der Waals surface area (Å²) in [6.07, 6.45) is 22.9. The van der Waals surface area contributed by atoms with E-state index in [4.69, 9.17) is 0 Å². The summed E-state index contributed by atoms with van der Waals surface area (Å²) in [5.74, 6) is 0.550. The maximum absolute atomic E-state index is 2.73. The van der Waals surface area contributed by atoms with E-state index in [9.17, 15) is 0 Å². The van der Waals surface area contributed by atoms with Crippen molar-refractivity contribution >= 4 is 15.4 Å². The van der Waals surface area contributed by atoms with Gasteiger partial charge in [0.25, 0.3) is 0 Å². The molecule has 0 aliphatic heterocycles. The van der Waals surface area contributed by atoms with Crippen molar-refractivity contribution in [3.8, 4) is 11.1 Å². The van der Waals surface area contributed by atoms with Gasteiger partial charge >= 0.3 is 272 Å². The number of hydrogen-bond donors (Lipinski definition) is 0. The summed E-state index contributed by atoms with van der Waals surface area (Å²) in [7, 11) is 0. The van der Waals surface area contributed by atoms with Crippen LogP contribution in [0.1, 0.15) is 145 Å². The van der Waals surface area contributed by atoms with Crippen molar-refractivity contribution in [1.29, 1.82) is 0 Å². The third kappa shape index (κ3) is 6.46. The molecule has 45 heavy (non-hydrogen) atoms. The van der Waals surface area contributed by atoms with Gasteiger partial charge in [-0.15, -0.1) is 0 Å².